The van der Waals surface area contributed by atoms with Gasteiger partial charge in [-0.15, -0.1) is 0 Å². The van der Waals surface area contributed by atoms with Crippen LogP contribution in [-0.2, 0) is 10.4 Å². The second kappa shape index (κ2) is 5.80. The molecule has 1 heterocycles. The van der Waals surface area contributed by atoms with Crippen molar-refractivity contribution >= 4 is 29.0 Å². The highest BCUT2D eigenvalue weighted by molar-refractivity contribution is 6.31. The maximum absolute atomic E-state index is 12.7. The Balaban J connectivity index is 2.02. The number of fused-ring (bicyclic) bond motifs is 1. The van der Waals surface area contributed by atoms with Crippen LogP contribution in [0.5, 0.6) is 0 Å². The van der Waals surface area contributed by atoms with E-state index in [1.165, 1.54) is 4.90 Å². The molecule has 1 N–H and O–H groups in total. The summed E-state index contributed by atoms with van der Waals surface area (Å²) in [6, 6.07) is 13.6. The van der Waals surface area contributed by atoms with Crippen LogP contribution in [0.2, 0.25) is 5.02 Å². The summed E-state index contributed by atoms with van der Waals surface area (Å²) < 4.78 is 0. The largest absolute Gasteiger partial charge is 0.375 e. The molecule has 0 radical (unpaired) electrons. The first-order valence-corrected chi connectivity index (χ1v) is 7.78. The molecule has 0 spiro atoms. The van der Waals surface area contributed by atoms with Gasteiger partial charge in [0.05, 0.1) is 12.1 Å². The van der Waals surface area contributed by atoms with E-state index in [-0.39, 0.29) is 12.2 Å². The van der Waals surface area contributed by atoms with Crippen molar-refractivity contribution in [3.05, 3.63) is 64.7 Å². The van der Waals surface area contributed by atoms with Crippen LogP contribution in [0.4, 0.5) is 5.69 Å². The van der Waals surface area contributed by atoms with E-state index in [1.54, 1.807) is 48.5 Å². The number of hydrogen-bond donors (Lipinski definition) is 1. The van der Waals surface area contributed by atoms with E-state index >= 15 is 0 Å². The van der Waals surface area contributed by atoms with Gasteiger partial charge in [0.2, 0.25) is 0 Å². The molecule has 118 valence electrons. The van der Waals surface area contributed by atoms with Gasteiger partial charge in [-0.1, -0.05) is 41.9 Å². The van der Waals surface area contributed by atoms with Gasteiger partial charge in [-0.05, 0) is 25.1 Å². The highest BCUT2D eigenvalue weighted by Crippen LogP contribution is 2.43. The number of anilines is 1. The minimum absolute atomic E-state index is 0.287. The molecule has 23 heavy (non-hydrogen) atoms. The molecule has 0 unspecified atom stereocenters. The van der Waals surface area contributed by atoms with Gasteiger partial charge in [-0.3, -0.25) is 9.59 Å². The number of amides is 1. The first-order valence-electron chi connectivity index (χ1n) is 7.40. The molecule has 0 aliphatic carbocycles. The number of hydrogen-bond acceptors (Lipinski definition) is 3. The lowest BCUT2D eigenvalue weighted by Crippen LogP contribution is -2.41. The number of likely N-dealkylation sites (N-methyl/N-ethyl adjacent to an activating group) is 1. The van der Waals surface area contributed by atoms with Crippen molar-refractivity contribution in [3.63, 3.8) is 0 Å². The summed E-state index contributed by atoms with van der Waals surface area (Å²) in [5.74, 6) is -0.771. The average molecular weight is 330 g/mol. The topological polar surface area (TPSA) is 57.6 Å². The molecular formula is C18H16ClNO3. The van der Waals surface area contributed by atoms with E-state index in [2.05, 4.69) is 0 Å². The molecule has 3 rings (SSSR count). The summed E-state index contributed by atoms with van der Waals surface area (Å²) >= 11 is 6.02. The quantitative estimate of drug-likeness (QED) is 0.876. The average Bonchev–Trinajstić information content (AvgIpc) is 2.76. The Bertz CT molecular complexity index is 775. The standard InChI is InChI=1S/C18H16ClNO3/c1-2-20-15-9-8-13(19)10-14(15)18(23,17(20)22)11-16(21)12-6-4-3-5-7-12/h3-10,23H,2,11H2,1H3/t18-/m1/s1. The van der Waals surface area contributed by atoms with Crippen molar-refractivity contribution in [1.82, 2.24) is 0 Å². The maximum Gasteiger partial charge on any atom is 0.264 e. The van der Waals surface area contributed by atoms with E-state index in [1.807, 2.05) is 6.92 Å². The van der Waals surface area contributed by atoms with Crippen molar-refractivity contribution in [1.29, 1.82) is 0 Å². The van der Waals surface area contributed by atoms with Crippen LogP contribution in [0.15, 0.2) is 48.5 Å². The zero-order valence-electron chi connectivity index (χ0n) is 12.6. The molecule has 2 aromatic rings. The lowest BCUT2D eigenvalue weighted by molar-refractivity contribution is -0.135. The normalized spacial score (nSPS) is 19.8. The van der Waals surface area contributed by atoms with Gasteiger partial charge in [0.25, 0.3) is 5.91 Å². The van der Waals surface area contributed by atoms with Crippen LogP contribution in [0.25, 0.3) is 0 Å². The Morgan fingerprint density at radius 2 is 1.91 bits per heavy atom. The van der Waals surface area contributed by atoms with Crippen LogP contribution in [0.3, 0.4) is 0 Å². The van der Waals surface area contributed by atoms with E-state index in [9.17, 15) is 14.7 Å². The molecule has 0 bridgehead atoms. The van der Waals surface area contributed by atoms with Gasteiger partial charge >= 0.3 is 0 Å². The number of aliphatic hydroxyl groups is 1. The molecule has 1 atom stereocenters. The monoisotopic (exact) mass is 329 g/mol. The molecule has 0 saturated heterocycles. The Morgan fingerprint density at radius 1 is 1.22 bits per heavy atom. The molecule has 1 aliphatic rings. The summed E-state index contributed by atoms with van der Waals surface area (Å²) in [6.07, 6.45) is -0.306. The fourth-order valence-corrected chi connectivity index (χ4v) is 3.14. The second-order valence-electron chi connectivity index (χ2n) is 5.54. The maximum atomic E-state index is 12.7. The summed E-state index contributed by atoms with van der Waals surface area (Å²) in [6.45, 7) is 2.23. The fourth-order valence-electron chi connectivity index (χ4n) is 2.97. The van der Waals surface area contributed by atoms with Gasteiger partial charge in [0.15, 0.2) is 11.4 Å². The molecule has 0 saturated carbocycles. The third kappa shape index (κ3) is 2.54. The first-order chi connectivity index (χ1) is 11.0. The lowest BCUT2D eigenvalue weighted by Gasteiger charge is -2.22. The Kier molecular flexibility index (Phi) is 3.96. The number of ketones is 1. The summed E-state index contributed by atoms with van der Waals surface area (Å²) in [4.78, 5) is 26.6. The zero-order chi connectivity index (χ0) is 16.6. The van der Waals surface area contributed by atoms with Crippen molar-refractivity contribution in [3.8, 4) is 0 Å². The van der Waals surface area contributed by atoms with E-state index in [4.69, 9.17) is 11.6 Å². The van der Waals surface area contributed by atoms with Gasteiger partial charge in [-0.25, -0.2) is 0 Å². The Labute approximate surface area is 139 Å². The van der Waals surface area contributed by atoms with E-state index < -0.39 is 11.5 Å². The van der Waals surface area contributed by atoms with Crippen molar-refractivity contribution in [2.24, 2.45) is 0 Å². The van der Waals surface area contributed by atoms with E-state index in [0.29, 0.717) is 28.4 Å². The Morgan fingerprint density at radius 3 is 2.57 bits per heavy atom. The zero-order valence-corrected chi connectivity index (χ0v) is 13.4. The van der Waals surface area contributed by atoms with E-state index in [0.717, 1.165) is 0 Å². The van der Waals surface area contributed by atoms with Crippen LogP contribution < -0.4 is 4.90 Å². The number of nitrogens with zero attached hydrogens (tertiary/aromatic N) is 1. The molecule has 4 nitrogen and oxygen atoms in total. The van der Waals surface area contributed by atoms with Crippen LogP contribution >= 0.6 is 11.6 Å². The molecule has 1 aliphatic heterocycles. The van der Waals surface area contributed by atoms with Crippen LogP contribution in [0.1, 0.15) is 29.3 Å². The highest BCUT2D eigenvalue weighted by Gasteiger charge is 2.50. The number of carbonyl (C=O) groups is 2. The summed E-state index contributed by atoms with van der Waals surface area (Å²) in [5.41, 5.74) is -0.415. The molecule has 0 fully saturated rings. The lowest BCUT2D eigenvalue weighted by atomic mass is 9.88. The number of Topliss-reactive ketones (excluding diaryl/α,β-unsaturated/α-hetero) is 1. The predicted octanol–water partition coefficient (Wildman–Crippen LogP) is 3.17. The second-order valence-corrected chi connectivity index (χ2v) is 5.97. The number of rotatable bonds is 4. The Hall–Kier alpha value is -2.17. The first kappa shape index (κ1) is 15.7. The van der Waals surface area contributed by atoms with Gasteiger partial charge in [0, 0.05) is 22.7 Å². The molecule has 1 amide bonds. The van der Waals surface area contributed by atoms with Crippen molar-refractivity contribution in [2.45, 2.75) is 18.9 Å². The van der Waals surface area contributed by atoms with Crippen molar-refractivity contribution in [2.75, 3.05) is 11.4 Å². The SMILES string of the molecule is CCN1C(=O)[C@@](O)(CC(=O)c2ccccc2)c2cc(Cl)ccc21. The minimum atomic E-state index is -1.87. The highest BCUT2D eigenvalue weighted by atomic mass is 35.5. The number of benzene rings is 2. The van der Waals surface area contributed by atoms with Gasteiger partial charge in [-0.2, -0.15) is 0 Å². The third-order valence-electron chi connectivity index (χ3n) is 4.12. The van der Waals surface area contributed by atoms with Crippen molar-refractivity contribution < 1.29 is 14.7 Å². The molecule has 0 aromatic heterocycles. The molecule has 5 heteroatoms. The third-order valence-corrected chi connectivity index (χ3v) is 4.36. The fraction of sp³-hybridized carbons (Fsp3) is 0.222. The predicted molar refractivity (Wildman–Crippen MR) is 88.8 cm³/mol. The minimum Gasteiger partial charge on any atom is -0.375 e. The number of halogens is 1. The smallest absolute Gasteiger partial charge is 0.264 e. The summed E-state index contributed by atoms with van der Waals surface area (Å²) in [5, 5.41) is 11.4. The molecule has 2 aromatic carbocycles. The van der Waals surface area contributed by atoms with Crippen LogP contribution in [-0.4, -0.2) is 23.3 Å². The summed E-state index contributed by atoms with van der Waals surface area (Å²) in [7, 11) is 0. The van der Waals surface area contributed by atoms with Crippen LogP contribution in [0, 0.1) is 0 Å². The number of carbonyl (C=O) groups excluding carboxylic acids is 2. The van der Waals surface area contributed by atoms with Gasteiger partial charge < -0.3 is 10.0 Å². The molecular weight excluding hydrogens is 314 g/mol. The van der Waals surface area contributed by atoms with Gasteiger partial charge in [0.1, 0.15) is 0 Å².